The molecule has 0 aliphatic carbocycles. The van der Waals surface area contributed by atoms with E-state index in [2.05, 4.69) is 30.9 Å². The third-order valence-corrected chi connectivity index (χ3v) is 5.13. The van der Waals surface area contributed by atoms with Crippen molar-refractivity contribution >= 4 is 40.3 Å². The molecule has 2 amide bonds. The Labute approximate surface area is 200 Å². The monoisotopic (exact) mass is 481 g/mol. The number of nitrogens with one attached hydrogen (secondary N) is 4. The molecule has 35 heavy (non-hydrogen) atoms. The number of aromatic amines is 1. The summed E-state index contributed by atoms with van der Waals surface area (Å²) in [6.45, 7) is 2.16. The normalized spacial score (nSPS) is 11.6. The van der Waals surface area contributed by atoms with Crippen LogP contribution in [0.3, 0.4) is 0 Å². The number of carbonyl (C=O) groups excluding carboxylic acids is 2. The van der Waals surface area contributed by atoms with Crippen molar-refractivity contribution in [3.63, 3.8) is 0 Å². The van der Waals surface area contributed by atoms with Crippen LogP contribution in [-0.2, 0) is 16.1 Å². The lowest BCUT2D eigenvalue weighted by molar-refractivity contribution is -0.139. The number of carbonyl (C=O) groups is 3. The maximum absolute atomic E-state index is 12.5. The van der Waals surface area contributed by atoms with Gasteiger partial charge in [-0.05, 0) is 43.5 Å². The van der Waals surface area contributed by atoms with E-state index in [1.807, 2.05) is 0 Å². The van der Waals surface area contributed by atoms with Crippen LogP contribution in [-0.4, -0.2) is 50.4 Å². The van der Waals surface area contributed by atoms with Crippen LogP contribution < -0.4 is 27.2 Å². The van der Waals surface area contributed by atoms with Crippen LogP contribution >= 0.6 is 0 Å². The first-order chi connectivity index (χ1) is 16.7. The Balaban J connectivity index is 1.54. The standard InChI is InChI=1S/C23H27N7O5/c1-13(31)25-9-3-2-4-17(23(34)35)29-21(32)14-5-7-15(8-6-14)26-11-16-12-27-18-10-19(24)30-22(33)20(18)28-16/h5-8,10,12,17,26H,2-4,9,11H2,1H3,(H,25,31)(H,29,32)(H,34,35)(H3,24,30,33)/t17-/m0/s1. The average molecular weight is 482 g/mol. The van der Waals surface area contributed by atoms with Gasteiger partial charge in [0.2, 0.25) is 5.91 Å². The van der Waals surface area contributed by atoms with Gasteiger partial charge in [-0.15, -0.1) is 0 Å². The molecule has 2 aromatic heterocycles. The highest BCUT2D eigenvalue weighted by atomic mass is 16.4. The molecule has 0 unspecified atom stereocenters. The van der Waals surface area contributed by atoms with E-state index in [0.29, 0.717) is 41.8 Å². The topological polar surface area (TPSA) is 192 Å². The predicted octanol–water partition coefficient (Wildman–Crippen LogP) is 1.00. The van der Waals surface area contributed by atoms with E-state index in [4.69, 9.17) is 5.73 Å². The number of hydrogen-bond donors (Lipinski definition) is 6. The summed E-state index contributed by atoms with van der Waals surface area (Å²) in [6.07, 6.45) is 2.95. The lowest BCUT2D eigenvalue weighted by Gasteiger charge is -2.15. The molecule has 0 aliphatic heterocycles. The summed E-state index contributed by atoms with van der Waals surface area (Å²) in [5.41, 5.74) is 7.33. The lowest BCUT2D eigenvalue weighted by Crippen LogP contribution is -2.40. The number of fused-ring (bicyclic) bond motifs is 1. The zero-order valence-electron chi connectivity index (χ0n) is 19.1. The van der Waals surface area contributed by atoms with Gasteiger partial charge in [-0.3, -0.25) is 19.4 Å². The number of carboxylic acids is 1. The minimum atomic E-state index is -1.12. The number of nitrogens with zero attached hydrogens (tertiary/aromatic N) is 2. The molecule has 12 nitrogen and oxygen atoms in total. The summed E-state index contributed by atoms with van der Waals surface area (Å²) in [5, 5.41) is 17.7. The molecule has 3 rings (SSSR count). The molecule has 0 radical (unpaired) electrons. The molecule has 2 heterocycles. The predicted molar refractivity (Wildman–Crippen MR) is 130 cm³/mol. The van der Waals surface area contributed by atoms with Crippen LogP contribution in [0.5, 0.6) is 0 Å². The Bertz CT molecular complexity index is 1270. The van der Waals surface area contributed by atoms with Gasteiger partial charge in [0.05, 0.1) is 24.0 Å². The van der Waals surface area contributed by atoms with E-state index in [-0.39, 0.29) is 30.2 Å². The molecular formula is C23H27N7O5. The number of aromatic nitrogens is 3. The van der Waals surface area contributed by atoms with Gasteiger partial charge in [-0.2, -0.15) is 0 Å². The minimum absolute atomic E-state index is 0.142. The van der Waals surface area contributed by atoms with Gasteiger partial charge in [0.15, 0.2) is 5.52 Å². The van der Waals surface area contributed by atoms with E-state index in [1.165, 1.54) is 19.2 Å². The lowest BCUT2D eigenvalue weighted by atomic mass is 10.1. The highest BCUT2D eigenvalue weighted by Gasteiger charge is 2.20. The molecule has 12 heteroatoms. The first kappa shape index (κ1) is 25.1. The van der Waals surface area contributed by atoms with Crippen molar-refractivity contribution in [2.75, 3.05) is 17.6 Å². The molecule has 0 saturated heterocycles. The first-order valence-corrected chi connectivity index (χ1v) is 11.0. The van der Waals surface area contributed by atoms with Crippen LogP contribution in [0.1, 0.15) is 42.2 Å². The molecule has 0 bridgehead atoms. The van der Waals surface area contributed by atoms with Crippen LogP contribution in [0.15, 0.2) is 41.3 Å². The van der Waals surface area contributed by atoms with E-state index in [0.717, 1.165) is 0 Å². The number of H-pyrrole nitrogens is 1. The number of hydrogen-bond acceptors (Lipinski definition) is 8. The van der Waals surface area contributed by atoms with Crippen molar-refractivity contribution in [3.05, 3.63) is 58.1 Å². The Kier molecular flexibility index (Phi) is 8.33. The fourth-order valence-electron chi connectivity index (χ4n) is 3.34. The van der Waals surface area contributed by atoms with Crippen molar-refractivity contribution in [2.45, 2.75) is 38.8 Å². The zero-order chi connectivity index (χ0) is 25.4. The van der Waals surface area contributed by atoms with Gasteiger partial charge in [0.1, 0.15) is 11.9 Å². The van der Waals surface area contributed by atoms with Crippen molar-refractivity contribution in [1.29, 1.82) is 0 Å². The average Bonchev–Trinajstić information content (AvgIpc) is 2.81. The molecule has 1 aromatic carbocycles. The summed E-state index contributed by atoms with van der Waals surface area (Å²) in [5.74, 6) is -1.54. The molecule has 0 spiro atoms. The molecule has 184 valence electrons. The van der Waals surface area contributed by atoms with E-state index < -0.39 is 23.5 Å². The van der Waals surface area contributed by atoms with Crippen molar-refractivity contribution in [2.24, 2.45) is 0 Å². The van der Waals surface area contributed by atoms with E-state index >= 15 is 0 Å². The van der Waals surface area contributed by atoms with Gasteiger partial charge in [-0.25, -0.2) is 9.78 Å². The number of carboxylic acid groups (broad SMARTS) is 1. The van der Waals surface area contributed by atoms with Gasteiger partial charge in [0, 0.05) is 30.8 Å². The third-order valence-electron chi connectivity index (χ3n) is 5.13. The number of nitrogen functional groups attached to an aromatic ring is 1. The quantitative estimate of drug-likeness (QED) is 0.217. The van der Waals surface area contributed by atoms with Crippen molar-refractivity contribution < 1.29 is 19.5 Å². The van der Waals surface area contributed by atoms with Gasteiger partial charge < -0.3 is 31.8 Å². The number of nitrogens with two attached hydrogens (primary N) is 1. The summed E-state index contributed by atoms with van der Waals surface area (Å²) < 4.78 is 0. The van der Waals surface area contributed by atoms with E-state index in [9.17, 15) is 24.3 Å². The zero-order valence-corrected chi connectivity index (χ0v) is 19.1. The molecule has 1 atom stereocenters. The Hall–Kier alpha value is -4.48. The maximum Gasteiger partial charge on any atom is 0.326 e. The number of benzene rings is 1. The highest BCUT2D eigenvalue weighted by molar-refractivity contribution is 5.96. The second-order valence-electron chi connectivity index (χ2n) is 7.92. The maximum atomic E-state index is 12.5. The minimum Gasteiger partial charge on any atom is -0.480 e. The van der Waals surface area contributed by atoms with E-state index in [1.54, 1.807) is 24.3 Å². The molecule has 3 aromatic rings. The van der Waals surface area contributed by atoms with Gasteiger partial charge >= 0.3 is 5.97 Å². The second kappa shape index (κ2) is 11.6. The SMILES string of the molecule is CC(=O)NCCCC[C@H](NC(=O)c1ccc(NCc2cnc3cc(N)[nH]c(=O)c3n2)cc1)C(=O)O. The van der Waals surface area contributed by atoms with Crippen LogP contribution in [0.25, 0.3) is 11.0 Å². The first-order valence-electron chi connectivity index (χ1n) is 11.0. The number of amides is 2. The highest BCUT2D eigenvalue weighted by Crippen LogP contribution is 2.13. The Morgan fingerprint density at radius 1 is 1.17 bits per heavy atom. The molecular weight excluding hydrogens is 454 g/mol. The summed E-state index contributed by atoms with van der Waals surface area (Å²) in [7, 11) is 0. The summed E-state index contributed by atoms with van der Waals surface area (Å²) in [4.78, 5) is 57.9. The van der Waals surface area contributed by atoms with Crippen molar-refractivity contribution in [1.82, 2.24) is 25.6 Å². The molecule has 0 fully saturated rings. The summed E-state index contributed by atoms with van der Waals surface area (Å²) in [6, 6.07) is 7.02. The Morgan fingerprint density at radius 3 is 2.60 bits per heavy atom. The molecule has 0 saturated carbocycles. The number of rotatable bonds is 11. The van der Waals surface area contributed by atoms with Crippen LogP contribution in [0.2, 0.25) is 0 Å². The number of aliphatic carboxylic acids is 1. The fourth-order valence-corrected chi connectivity index (χ4v) is 3.34. The number of unbranched alkanes of at least 4 members (excludes halogenated alkanes) is 1. The van der Waals surface area contributed by atoms with Crippen LogP contribution in [0, 0.1) is 0 Å². The molecule has 7 N–H and O–H groups in total. The fraction of sp³-hybridized carbons (Fsp3) is 0.304. The van der Waals surface area contributed by atoms with Gasteiger partial charge in [-0.1, -0.05) is 0 Å². The van der Waals surface area contributed by atoms with Crippen LogP contribution in [0.4, 0.5) is 11.5 Å². The Morgan fingerprint density at radius 2 is 1.91 bits per heavy atom. The van der Waals surface area contributed by atoms with Gasteiger partial charge in [0.25, 0.3) is 11.5 Å². The summed E-state index contributed by atoms with van der Waals surface area (Å²) >= 11 is 0. The van der Waals surface area contributed by atoms with Crippen molar-refractivity contribution in [3.8, 4) is 0 Å². The number of pyridine rings is 1. The number of anilines is 2. The second-order valence-corrected chi connectivity index (χ2v) is 7.92. The largest absolute Gasteiger partial charge is 0.480 e. The third kappa shape index (κ3) is 7.25. The smallest absolute Gasteiger partial charge is 0.326 e. The molecule has 0 aliphatic rings.